The number of benzene rings is 2. The van der Waals surface area contributed by atoms with Crippen LogP contribution in [0.25, 0.3) is 0 Å². The lowest BCUT2D eigenvalue weighted by molar-refractivity contribution is 0.0511. The molecule has 1 unspecified atom stereocenters. The molecule has 3 rings (SSSR count). The van der Waals surface area contributed by atoms with Crippen molar-refractivity contribution in [1.82, 2.24) is 9.55 Å². The van der Waals surface area contributed by atoms with Gasteiger partial charge in [-0.1, -0.05) is 62.9 Å². The second-order valence-corrected chi connectivity index (χ2v) is 15.1. The van der Waals surface area contributed by atoms with Gasteiger partial charge in [-0.05, 0) is 48.0 Å². The molecule has 0 spiro atoms. The summed E-state index contributed by atoms with van der Waals surface area (Å²) in [5, 5.41) is 1.03. The summed E-state index contributed by atoms with van der Waals surface area (Å²) in [4.78, 5) is 5.89. The molecule has 0 saturated carbocycles. The van der Waals surface area contributed by atoms with Gasteiger partial charge in [0.2, 0.25) is 0 Å². The second-order valence-electron chi connectivity index (χ2n) is 9.32. The Morgan fingerprint density at radius 3 is 2.28 bits per heavy atom. The van der Waals surface area contributed by atoms with Crippen LogP contribution in [-0.4, -0.2) is 31.8 Å². The SMILES string of the molecule is COCOc1ccc(C(O[Si](C)(C)C(C)(C)C)c2cnc(Sc3ccccc3)n2C)cc1. The Morgan fingerprint density at radius 2 is 1.69 bits per heavy atom. The smallest absolute Gasteiger partial charge is 0.193 e. The largest absolute Gasteiger partial charge is 0.468 e. The summed E-state index contributed by atoms with van der Waals surface area (Å²) < 4.78 is 19.7. The van der Waals surface area contributed by atoms with Crippen LogP contribution in [0.2, 0.25) is 18.1 Å². The predicted molar refractivity (Wildman–Crippen MR) is 133 cm³/mol. The van der Waals surface area contributed by atoms with Gasteiger partial charge in [-0.2, -0.15) is 0 Å². The van der Waals surface area contributed by atoms with Crippen LogP contribution in [0.4, 0.5) is 0 Å². The Morgan fingerprint density at radius 1 is 1.03 bits per heavy atom. The number of aromatic nitrogens is 2. The first-order valence-corrected chi connectivity index (χ1v) is 14.5. The van der Waals surface area contributed by atoms with E-state index in [9.17, 15) is 0 Å². The van der Waals surface area contributed by atoms with Crippen molar-refractivity contribution in [2.24, 2.45) is 7.05 Å². The lowest BCUT2D eigenvalue weighted by Gasteiger charge is -2.39. The van der Waals surface area contributed by atoms with Gasteiger partial charge in [0, 0.05) is 19.1 Å². The van der Waals surface area contributed by atoms with Gasteiger partial charge >= 0.3 is 0 Å². The van der Waals surface area contributed by atoms with Crippen molar-refractivity contribution in [1.29, 1.82) is 0 Å². The first kappa shape index (κ1) is 24.6. The quantitative estimate of drug-likeness (QED) is 0.258. The molecule has 0 aliphatic carbocycles. The minimum absolute atomic E-state index is 0.0903. The van der Waals surface area contributed by atoms with Crippen molar-refractivity contribution in [2.45, 2.75) is 55.1 Å². The third-order valence-corrected chi connectivity index (χ3v) is 11.5. The standard InChI is InChI=1S/C25H34N2O3SSi/c1-25(2,3)32(6,7)30-23(19-13-15-20(16-14-19)29-18-28-5)22-17-26-24(27(22)4)31-21-11-9-8-10-12-21/h8-17,23H,18H2,1-7H3. The van der Waals surface area contributed by atoms with Crippen LogP contribution in [0.5, 0.6) is 5.75 Å². The van der Waals surface area contributed by atoms with E-state index in [4.69, 9.17) is 18.9 Å². The Bertz CT molecular complexity index is 998. The van der Waals surface area contributed by atoms with Gasteiger partial charge in [0.05, 0.1) is 11.9 Å². The number of rotatable bonds is 9. The molecule has 3 aromatic rings. The minimum atomic E-state index is -2.06. The summed E-state index contributed by atoms with van der Waals surface area (Å²) >= 11 is 1.66. The Labute approximate surface area is 197 Å². The second kappa shape index (κ2) is 10.3. The van der Waals surface area contributed by atoms with Crippen molar-refractivity contribution in [3.05, 3.63) is 72.1 Å². The highest BCUT2D eigenvalue weighted by atomic mass is 32.2. The molecule has 172 valence electrons. The molecular formula is C25H34N2O3SSi. The summed E-state index contributed by atoms with van der Waals surface area (Å²) in [6, 6.07) is 18.4. The van der Waals surface area contributed by atoms with Crippen molar-refractivity contribution < 1.29 is 13.9 Å². The zero-order valence-corrected chi connectivity index (χ0v) is 21.9. The maximum atomic E-state index is 6.94. The summed E-state index contributed by atoms with van der Waals surface area (Å²) in [5.41, 5.74) is 2.12. The summed E-state index contributed by atoms with van der Waals surface area (Å²) in [6.07, 6.45) is 1.73. The van der Waals surface area contributed by atoms with Crippen molar-refractivity contribution in [2.75, 3.05) is 13.9 Å². The molecule has 0 saturated heterocycles. The molecule has 32 heavy (non-hydrogen) atoms. The molecule has 1 heterocycles. The Kier molecular flexibility index (Phi) is 7.87. The fourth-order valence-corrected chi connectivity index (χ4v) is 5.03. The molecule has 2 aromatic carbocycles. The van der Waals surface area contributed by atoms with Gasteiger partial charge in [-0.25, -0.2) is 4.98 Å². The Hall–Kier alpha value is -2.06. The third-order valence-electron chi connectivity index (χ3n) is 5.95. The van der Waals surface area contributed by atoms with Crippen LogP contribution in [0.3, 0.4) is 0 Å². The van der Waals surface area contributed by atoms with E-state index in [1.165, 1.54) is 0 Å². The van der Waals surface area contributed by atoms with Crippen LogP contribution < -0.4 is 4.74 Å². The number of nitrogens with zero attached hydrogens (tertiary/aromatic N) is 2. The number of hydrogen-bond acceptors (Lipinski definition) is 5. The van der Waals surface area contributed by atoms with Gasteiger partial charge in [0.1, 0.15) is 11.9 Å². The molecule has 0 bridgehead atoms. The van der Waals surface area contributed by atoms with E-state index in [1.807, 2.05) is 36.5 Å². The summed E-state index contributed by atoms with van der Waals surface area (Å²) in [7, 11) is 1.62. The van der Waals surface area contributed by atoms with E-state index in [0.29, 0.717) is 0 Å². The average Bonchev–Trinajstić information content (AvgIpc) is 3.11. The molecule has 0 N–H and O–H groups in total. The number of methoxy groups -OCH3 is 1. The first-order valence-electron chi connectivity index (χ1n) is 10.8. The van der Waals surface area contributed by atoms with Crippen LogP contribution in [-0.2, 0) is 16.2 Å². The highest BCUT2D eigenvalue weighted by molar-refractivity contribution is 7.99. The molecule has 7 heteroatoms. The van der Waals surface area contributed by atoms with Gasteiger partial charge in [-0.3, -0.25) is 0 Å². The molecular weight excluding hydrogens is 436 g/mol. The highest BCUT2D eigenvalue weighted by Gasteiger charge is 2.40. The lowest BCUT2D eigenvalue weighted by atomic mass is 10.1. The van der Waals surface area contributed by atoms with Crippen LogP contribution in [0.1, 0.15) is 38.1 Å². The number of imidazole rings is 1. The average molecular weight is 471 g/mol. The van der Waals surface area contributed by atoms with Crippen molar-refractivity contribution in [3.8, 4) is 5.75 Å². The molecule has 0 amide bonds. The molecule has 5 nitrogen and oxygen atoms in total. The molecule has 0 fully saturated rings. The summed E-state index contributed by atoms with van der Waals surface area (Å²) in [6.45, 7) is 11.6. The Balaban J connectivity index is 1.96. The molecule has 0 radical (unpaired) electrons. The van der Waals surface area contributed by atoms with E-state index in [-0.39, 0.29) is 17.9 Å². The van der Waals surface area contributed by atoms with E-state index < -0.39 is 8.32 Å². The van der Waals surface area contributed by atoms with Gasteiger partial charge < -0.3 is 18.5 Å². The normalized spacial score (nSPS) is 13.2. The van der Waals surface area contributed by atoms with Crippen molar-refractivity contribution in [3.63, 3.8) is 0 Å². The zero-order chi connectivity index (χ0) is 23.4. The zero-order valence-electron chi connectivity index (χ0n) is 20.1. The van der Waals surface area contributed by atoms with Crippen LogP contribution in [0.15, 0.2) is 70.8 Å². The molecule has 1 aromatic heterocycles. The third kappa shape index (κ3) is 5.84. The first-order chi connectivity index (χ1) is 15.1. The van der Waals surface area contributed by atoms with Gasteiger partial charge in [-0.15, -0.1) is 0 Å². The van der Waals surface area contributed by atoms with E-state index >= 15 is 0 Å². The van der Waals surface area contributed by atoms with Crippen molar-refractivity contribution >= 4 is 20.1 Å². The van der Waals surface area contributed by atoms with E-state index in [2.05, 4.69) is 69.7 Å². The predicted octanol–water partition coefficient (Wildman–Crippen LogP) is 6.67. The van der Waals surface area contributed by atoms with E-state index in [1.54, 1.807) is 18.9 Å². The maximum absolute atomic E-state index is 6.94. The monoisotopic (exact) mass is 470 g/mol. The molecule has 0 aliphatic rings. The van der Waals surface area contributed by atoms with E-state index in [0.717, 1.165) is 27.1 Å². The van der Waals surface area contributed by atoms with Gasteiger partial charge in [0.15, 0.2) is 20.3 Å². The lowest BCUT2D eigenvalue weighted by Crippen LogP contribution is -2.42. The maximum Gasteiger partial charge on any atom is 0.193 e. The number of hydrogen-bond donors (Lipinski definition) is 0. The summed E-state index contributed by atoms with van der Waals surface area (Å²) in [5.74, 6) is 0.770. The highest BCUT2D eigenvalue weighted by Crippen LogP contribution is 2.42. The fraction of sp³-hybridized carbons (Fsp3) is 0.400. The molecule has 0 aliphatic heterocycles. The van der Waals surface area contributed by atoms with Crippen LogP contribution in [0, 0.1) is 0 Å². The minimum Gasteiger partial charge on any atom is -0.468 e. The van der Waals surface area contributed by atoms with Crippen LogP contribution >= 0.6 is 11.8 Å². The molecule has 1 atom stereocenters. The topological polar surface area (TPSA) is 45.5 Å². The van der Waals surface area contributed by atoms with Gasteiger partial charge in [0.25, 0.3) is 0 Å². The fourth-order valence-electron chi connectivity index (χ4n) is 2.97. The number of ether oxygens (including phenoxy) is 2.